The predicted octanol–water partition coefficient (Wildman–Crippen LogP) is 4.91. The van der Waals surface area contributed by atoms with Crippen LogP contribution in [0.4, 0.5) is 17.1 Å². The summed E-state index contributed by atoms with van der Waals surface area (Å²) in [4.78, 5) is 22.0. The molecule has 6 rings (SSSR count). The fourth-order valence-corrected chi connectivity index (χ4v) is 5.78. The van der Waals surface area contributed by atoms with Crippen LogP contribution < -0.4 is 5.32 Å². The topological polar surface area (TPSA) is 106 Å². The third-order valence-electron chi connectivity index (χ3n) is 7.13. The van der Waals surface area contributed by atoms with E-state index in [1.165, 1.54) is 6.26 Å². The number of carbonyl (C=O) groups is 1. The highest BCUT2D eigenvalue weighted by molar-refractivity contribution is 7.90. The van der Waals surface area contributed by atoms with Gasteiger partial charge in [-0.15, -0.1) is 0 Å². The first-order valence-corrected chi connectivity index (χ1v) is 14.3. The van der Waals surface area contributed by atoms with Gasteiger partial charge in [-0.05, 0) is 63.3 Å². The van der Waals surface area contributed by atoms with Gasteiger partial charge in [0.05, 0.1) is 39.9 Å². The van der Waals surface area contributed by atoms with Crippen LogP contribution in [0.2, 0.25) is 0 Å². The van der Waals surface area contributed by atoms with Gasteiger partial charge in [0.25, 0.3) is 0 Å². The van der Waals surface area contributed by atoms with Crippen molar-refractivity contribution in [2.75, 3.05) is 11.6 Å². The maximum absolute atomic E-state index is 12.9. The lowest BCUT2D eigenvalue weighted by atomic mass is 10.1. The van der Waals surface area contributed by atoms with Gasteiger partial charge in [-0.3, -0.25) is 19.5 Å². The summed E-state index contributed by atoms with van der Waals surface area (Å²) in [6.07, 6.45) is 8.12. The summed E-state index contributed by atoms with van der Waals surface area (Å²) < 4.78 is 27.8. The van der Waals surface area contributed by atoms with Gasteiger partial charge in [0.2, 0.25) is 0 Å². The second-order valence-corrected chi connectivity index (χ2v) is 12.3. The van der Waals surface area contributed by atoms with E-state index in [0.29, 0.717) is 35.2 Å². The number of nitrogens with one attached hydrogen (secondary N) is 1. The summed E-state index contributed by atoms with van der Waals surface area (Å²) in [6.45, 7) is 3.97. The van der Waals surface area contributed by atoms with Crippen LogP contribution in [-0.2, 0) is 27.5 Å². The highest BCUT2D eigenvalue weighted by Gasteiger charge is 2.30. The first-order valence-electron chi connectivity index (χ1n) is 12.4. The molecule has 36 heavy (non-hydrogen) atoms. The quantitative estimate of drug-likeness (QED) is 0.468. The molecule has 2 saturated carbocycles. The molecule has 0 radical (unpaired) electrons. The molecule has 1 N–H and O–H groups in total. The second kappa shape index (κ2) is 8.37. The zero-order valence-corrected chi connectivity index (χ0v) is 21.5. The van der Waals surface area contributed by atoms with Gasteiger partial charge in [-0.2, -0.15) is 5.10 Å². The molecule has 2 aliphatic carbocycles. The molecule has 0 atom stereocenters. The Morgan fingerprint density at radius 1 is 1.11 bits per heavy atom. The largest absolute Gasteiger partial charge is 0.353 e. The summed E-state index contributed by atoms with van der Waals surface area (Å²) in [7, 11) is -3.55. The average molecular weight is 504 g/mol. The fourth-order valence-electron chi connectivity index (χ4n) is 4.92. The number of fused-ring (bicyclic) bond motifs is 1. The molecule has 9 heteroatoms. The molecule has 0 unspecified atom stereocenters. The van der Waals surface area contributed by atoms with Crippen molar-refractivity contribution in [3.63, 3.8) is 0 Å². The summed E-state index contributed by atoms with van der Waals surface area (Å²) in [5.74, 6) is 0.374. The van der Waals surface area contributed by atoms with Gasteiger partial charge < -0.3 is 5.32 Å². The van der Waals surface area contributed by atoms with E-state index in [2.05, 4.69) is 15.4 Å². The Hall–Kier alpha value is -3.33. The van der Waals surface area contributed by atoms with Crippen LogP contribution in [0.15, 0.2) is 40.4 Å². The van der Waals surface area contributed by atoms with E-state index in [1.807, 2.05) is 36.9 Å². The summed E-state index contributed by atoms with van der Waals surface area (Å²) in [6, 6.07) is 7.73. The van der Waals surface area contributed by atoms with Crippen LogP contribution in [-0.4, -0.2) is 40.9 Å². The summed E-state index contributed by atoms with van der Waals surface area (Å²) >= 11 is 0. The molecule has 3 aromatic rings. The third kappa shape index (κ3) is 4.36. The molecule has 186 valence electrons. The highest BCUT2D eigenvalue weighted by Crippen LogP contribution is 2.41. The van der Waals surface area contributed by atoms with Crippen LogP contribution in [0.5, 0.6) is 0 Å². The molecule has 1 aromatic carbocycles. The standard InChI is InChI=1S/C27H29N5O3S/c1-15-10-23-27(29-15)24(12-19(30-23)13-25(33)17-4-5-17)31-22-9-6-18(11-26(22)36(3,34)35)21-14-28-32(16(21)2)20-7-8-20/h6,9,11-12,14,17,20H,4-5,7-8,10,13H2,1-3H3,(H,30,31). The van der Waals surface area contributed by atoms with Crippen molar-refractivity contribution in [2.45, 2.75) is 63.3 Å². The smallest absolute Gasteiger partial charge is 0.177 e. The molecule has 3 heterocycles. The third-order valence-corrected chi connectivity index (χ3v) is 8.27. The minimum atomic E-state index is -3.55. The Morgan fingerprint density at radius 2 is 1.89 bits per heavy atom. The van der Waals surface area contributed by atoms with E-state index in [1.54, 1.807) is 12.1 Å². The lowest BCUT2D eigenvalue weighted by Gasteiger charge is -2.16. The van der Waals surface area contributed by atoms with E-state index in [4.69, 9.17) is 4.98 Å². The minimum Gasteiger partial charge on any atom is -0.353 e. The minimum absolute atomic E-state index is 0.159. The number of benzene rings is 1. The number of Topliss-reactive ketones (excluding diaryl/α,β-unsaturated/α-hetero) is 1. The maximum Gasteiger partial charge on any atom is 0.177 e. The number of rotatable bonds is 8. The number of carbonyl (C=O) groups excluding carboxylic acids is 1. The maximum atomic E-state index is 12.9. The first-order chi connectivity index (χ1) is 17.2. The van der Waals surface area contributed by atoms with E-state index in [0.717, 1.165) is 53.9 Å². The average Bonchev–Trinajstić information content (AvgIpc) is 3.74. The number of pyridine rings is 1. The highest BCUT2D eigenvalue weighted by atomic mass is 32.2. The SMILES string of the molecule is CC1=Nc2c(Nc3ccc(-c4cnn(C5CC5)c4C)cc3S(C)(=O)=O)cc(CC(=O)C3CC3)nc2C1. The molecule has 0 saturated heterocycles. The zero-order valence-electron chi connectivity index (χ0n) is 20.7. The van der Waals surface area contributed by atoms with E-state index in [-0.39, 0.29) is 23.0 Å². The monoisotopic (exact) mass is 503 g/mol. The van der Waals surface area contributed by atoms with Gasteiger partial charge in [0, 0.05) is 42.0 Å². The summed E-state index contributed by atoms with van der Waals surface area (Å²) in [5.41, 5.74) is 7.09. The number of hydrogen-bond donors (Lipinski definition) is 1. The number of aliphatic imine (C=N–C) groups is 1. The molecule has 2 fully saturated rings. The Bertz CT molecular complexity index is 1550. The van der Waals surface area contributed by atoms with Crippen LogP contribution in [0.25, 0.3) is 11.1 Å². The molecule has 0 bridgehead atoms. The van der Waals surface area contributed by atoms with Crippen molar-refractivity contribution in [3.05, 3.63) is 47.5 Å². The Morgan fingerprint density at radius 3 is 2.58 bits per heavy atom. The normalized spacial score (nSPS) is 17.1. The number of nitrogens with zero attached hydrogens (tertiary/aromatic N) is 4. The molecule has 0 spiro atoms. The van der Waals surface area contributed by atoms with Crippen LogP contribution >= 0.6 is 0 Å². The van der Waals surface area contributed by atoms with Crippen LogP contribution in [0, 0.1) is 12.8 Å². The van der Waals surface area contributed by atoms with Crippen molar-refractivity contribution in [3.8, 4) is 11.1 Å². The molecule has 2 aromatic heterocycles. The number of sulfone groups is 1. The van der Waals surface area contributed by atoms with Gasteiger partial charge in [0.15, 0.2) is 9.84 Å². The summed E-state index contributed by atoms with van der Waals surface area (Å²) in [5, 5.41) is 7.86. The van der Waals surface area contributed by atoms with Crippen LogP contribution in [0.3, 0.4) is 0 Å². The molecule has 0 amide bonds. The number of ketones is 1. The molecule has 3 aliphatic rings. The van der Waals surface area contributed by atoms with Gasteiger partial charge >= 0.3 is 0 Å². The Labute approximate surface area is 210 Å². The molecule has 8 nitrogen and oxygen atoms in total. The van der Waals surface area contributed by atoms with Gasteiger partial charge in [0.1, 0.15) is 11.5 Å². The van der Waals surface area contributed by atoms with Crippen molar-refractivity contribution >= 4 is 38.4 Å². The van der Waals surface area contributed by atoms with Crippen LogP contribution in [0.1, 0.15) is 55.7 Å². The first kappa shape index (κ1) is 23.1. The Kier molecular flexibility index (Phi) is 5.37. The molecular formula is C27H29N5O3S. The van der Waals surface area contributed by atoms with Crippen molar-refractivity contribution in [1.29, 1.82) is 0 Å². The number of anilines is 2. The van der Waals surface area contributed by atoms with Crippen molar-refractivity contribution < 1.29 is 13.2 Å². The van der Waals surface area contributed by atoms with E-state index in [9.17, 15) is 13.2 Å². The lowest BCUT2D eigenvalue weighted by Crippen LogP contribution is -2.09. The van der Waals surface area contributed by atoms with Crippen molar-refractivity contribution in [2.24, 2.45) is 10.9 Å². The lowest BCUT2D eigenvalue weighted by molar-refractivity contribution is -0.119. The zero-order chi connectivity index (χ0) is 25.2. The Balaban J connectivity index is 1.39. The predicted molar refractivity (Wildman–Crippen MR) is 139 cm³/mol. The van der Waals surface area contributed by atoms with E-state index >= 15 is 0 Å². The van der Waals surface area contributed by atoms with Gasteiger partial charge in [-0.1, -0.05) is 6.07 Å². The molecular weight excluding hydrogens is 474 g/mol. The van der Waals surface area contributed by atoms with Gasteiger partial charge in [-0.25, -0.2) is 8.42 Å². The number of hydrogen-bond acceptors (Lipinski definition) is 7. The molecule has 1 aliphatic heterocycles. The number of aromatic nitrogens is 3. The van der Waals surface area contributed by atoms with E-state index < -0.39 is 9.84 Å². The fraction of sp³-hybridized carbons (Fsp3) is 0.407. The van der Waals surface area contributed by atoms with Crippen molar-refractivity contribution in [1.82, 2.24) is 14.8 Å². The second-order valence-electron chi connectivity index (χ2n) is 10.3.